The van der Waals surface area contributed by atoms with Crippen LogP contribution in [0.15, 0.2) is 30.3 Å². The minimum atomic E-state index is -0.542. The maximum Gasteiger partial charge on any atom is 0.312 e. The van der Waals surface area contributed by atoms with Crippen molar-refractivity contribution in [1.82, 2.24) is 15.1 Å². The number of nitrogens with one attached hydrogen (secondary N) is 1. The number of benzene rings is 1. The fraction of sp³-hybridized carbons (Fsp3) is 0.550. The largest absolute Gasteiger partial charge is 0.354 e. The van der Waals surface area contributed by atoms with E-state index in [9.17, 15) is 14.4 Å². The van der Waals surface area contributed by atoms with Gasteiger partial charge in [0.1, 0.15) is 6.54 Å². The predicted octanol–water partition coefficient (Wildman–Crippen LogP) is 1.35. The van der Waals surface area contributed by atoms with E-state index in [1.807, 2.05) is 30.3 Å². The maximum absolute atomic E-state index is 12.4. The van der Waals surface area contributed by atoms with Crippen molar-refractivity contribution in [1.29, 1.82) is 0 Å². The van der Waals surface area contributed by atoms with Gasteiger partial charge in [-0.2, -0.15) is 0 Å². The third-order valence-electron chi connectivity index (χ3n) is 5.27. The summed E-state index contributed by atoms with van der Waals surface area (Å²) in [6, 6.07) is 10.1. The molecule has 0 atom stereocenters. The van der Waals surface area contributed by atoms with E-state index in [0.717, 1.165) is 37.7 Å². The van der Waals surface area contributed by atoms with Crippen LogP contribution < -0.4 is 5.32 Å². The predicted molar refractivity (Wildman–Crippen MR) is 98.3 cm³/mol. The zero-order chi connectivity index (χ0) is 18.4. The Kier molecular flexibility index (Phi) is 6.26. The van der Waals surface area contributed by atoms with Crippen LogP contribution in [0.5, 0.6) is 0 Å². The van der Waals surface area contributed by atoms with Crippen molar-refractivity contribution >= 4 is 17.7 Å². The lowest BCUT2D eigenvalue weighted by molar-refractivity contribution is -0.159. The van der Waals surface area contributed by atoms with Crippen molar-refractivity contribution in [3.63, 3.8) is 0 Å². The Hall–Kier alpha value is -2.37. The number of hydrogen-bond donors (Lipinski definition) is 1. The third kappa shape index (κ3) is 4.62. The highest BCUT2D eigenvalue weighted by molar-refractivity contribution is 6.35. The van der Waals surface area contributed by atoms with Gasteiger partial charge in [0.05, 0.1) is 0 Å². The molecular formula is C20H27N3O3. The Bertz CT molecular complexity index is 641. The van der Waals surface area contributed by atoms with Gasteiger partial charge < -0.3 is 15.1 Å². The second-order valence-corrected chi connectivity index (χ2v) is 7.10. The first-order chi connectivity index (χ1) is 12.6. The van der Waals surface area contributed by atoms with Gasteiger partial charge in [0.25, 0.3) is 0 Å². The van der Waals surface area contributed by atoms with Crippen LogP contribution in [0, 0.1) is 0 Å². The van der Waals surface area contributed by atoms with Gasteiger partial charge in [-0.25, -0.2) is 0 Å². The molecule has 140 valence electrons. The quantitative estimate of drug-likeness (QED) is 0.782. The van der Waals surface area contributed by atoms with Crippen molar-refractivity contribution in [3.05, 3.63) is 35.9 Å². The van der Waals surface area contributed by atoms with E-state index in [4.69, 9.17) is 0 Å². The lowest BCUT2D eigenvalue weighted by atomic mass is 9.93. The Balaban J connectivity index is 1.44. The van der Waals surface area contributed by atoms with E-state index in [-0.39, 0.29) is 18.5 Å². The monoisotopic (exact) mass is 357 g/mol. The molecule has 3 amide bonds. The van der Waals surface area contributed by atoms with Crippen molar-refractivity contribution < 1.29 is 14.4 Å². The van der Waals surface area contributed by atoms with E-state index in [1.54, 1.807) is 4.90 Å². The SMILES string of the molecule is O=C(CN1CCN(C2CCCCC2)C(=O)C1=O)NCCc1ccccc1. The number of carbonyl (C=O) groups is 3. The molecule has 0 aromatic heterocycles. The fourth-order valence-corrected chi connectivity index (χ4v) is 3.80. The Labute approximate surface area is 154 Å². The average molecular weight is 357 g/mol. The summed E-state index contributed by atoms with van der Waals surface area (Å²) in [6.45, 7) is 1.45. The van der Waals surface area contributed by atoms with Crippen LogP contribution >= 0.6 is 0 Å². The van der Waals surface area contributed by atoms with Gasteiger partial charge in [0.15, 0.2) is 0 Å². The van der Waals surface area contributed by atoms with Crippen LogP contribution in [0.4, 0.5) is 0 Å². The summed E-state index contributed by atoms with van der Waals surface area (Å²) in [5.74, 6) is -1.20. The third-order valence-corrected chi connectivity index (χ3v) is 5.27. The maximum atomic E-state index is 12.4. The smallest absolute Gasteiger partial charge is 0.312 e. The molecule has 1 aromatic carbocycles. The molecule has 1 aromatic rings. The molecule has 3 rings (SSSR count). The highest BCUT2D eigenvalue weighted by atomic mass is 16.2. The van der Waals surface area contributed by atoms with Gasteiger partial charge in [-0.15, -0.1) is 0 Å². The van der Waals surface area contributed by atoms with E-state index < -0.39 is 11.8 Å². The lowest BCUT2D eigenvalue weighted by Gasteiger charge is -2.39. The number of hydrogen-bond acceptors (Lipinski definition) is 3. The Morgan fingerprint density at radius 2 is 1.73 bits per heavy atom. The average Bonchev–Trinajstić information content (AvgIpc) is 2.67. The minimum Gasteiger partial charge on any atom is -0.354 e. The van der Waals surface area contributed by atoms with Gasteiger partial charge in [0, 0.05) is 25.7 Å². The first-order valence-corrected chi connectivity index (χ1v) is 9.55. The Morgan fingerprint density at radius 1 is 1.00 bits per heavy atom. The normalized spacial score (nSPS) is 18.9. The second-order valence-electron chi connectivity index (χ2n) is 7.10. The first kappa shape index (κ1) is 18.4. The summed E-state index contributed by atoms with van der Waals surface area (Å²) in [5.41, 5.74) is 1.15. The van der Waals surface area contributed by atoms with Gasteiger partial charge in [-0.05, 0) is 24.8 Å². The van der Waals surface area contributed by atoms with Crippen molar-refractivity contribution in [3.8, 4) is 0 Å². The van der Waals surface area contributed by atoms with Gasteiger partial charge in [-0.1, -0.05) is 49.6 Å². The highest BCUT2D eigenvalue weighted by Gasteiger charge is 2.37. The molecular weight excluding hydrogens is 330 g/mol. The van der Waals surface area contributed by atoms with Crippen LogP contribution in [-0.4, -0.2) is 59.7 Å². The van der Waals surface area contributed by atoms with Crippen molar-refractivity contribution in [2.45, 2.75) is 44.6 Å². The van der Waals surface area contributed by atoms with Crippen LogP contribution in [0.2, 0.25) is 0 Å². The summed E-state index contributed by atoms with van der Waals surface area (Å²) in [4.78, 5) is 40.0. The standard InChI is InChI=1S/C20H27N3O3/c24-18(21-12-11-16-7-3-1-4-8-16)15-22-13-14-23(20(26)19(22)25)17-9-5-2-6-10-17/h1,3-4,7-8,17H,2,5-6,9-15H2,(H,21,24). The molecule has 2 aliphatic rings. The molecule has 1 saturated carbocycles. The van der Waals surface area contributed by atoms with E-state index in [1.165, 1.54) is 11.3 Å². The summed E-state index contributed by atoms with van der Waals surface area (Å²) < 4.78 is 0. The number of rotatable bonds is 6. The highest BCUT2D eigenvalue weighted by Crippen LogP contribution is 2.24. The molecule has 1 aliphatic carbocycles. The second kappa shape index (κ2) is 8.83. The lowest BCUT2D eigenvalue weighted by Crippen LogP contribution is -2.59. The molecule has 0 spiro atoms. The molecule has 26 heavy (non-hydrogen) atoms. The van der Waals surface area contributed by atoms with Crippen LogP contribution in [0.1, 0.15) is 37.7 Å². The topological polar surface area (TPSA) is 69.7 Å². The zero-order valence-electron chi connectivity index (χ0n) is 15.2. The van der Waals surface area contributed by atoms with Crippen LogP contribution in [0.25, 0.3) is 0 Å². The number of carbonyl (C=O) groups excluding carboxylic acids is 3. The first-order valence-electron chi connectivity index (χ1n) is 9.55. The van der Waals surface area contributed by atoms with Crippen LogP contribution in [0.3, 0.4) is 0 Å². The molecule has 6 heteroatoms. The van der Waals surface area contributed by atoms with Gasteiger partial charge in [0.2, 0.25) is 5.91 Å². The Morgan fingerprint density at radius 3 is 2.46 bits per heavy atom. The molecule has 1 aliphatic heterocycles. The summed E-state index contributed by atoms with van der Waals surface area (Å²) in [5, 5.41) is 2.83. The van der Waals surface area contributed by atoms with Crippen molar-refractivity contribution in [2.24, 2.45) is 0 Å². The minimum absolute atomic E-state index is 0.0438. The summed E-state index contributed by atoms with van der Waals surface area (Å²) >= 11 is 0. The van der Waals surface area contributed by atoms with E-state index in [0.29, 0.717) is 19.6 Å². The summed E-state index contributed by atoms with van der Waals surface area (Å²) in [7, 11) is 0. The summed E-state index contributed by atoms with van der Waals surface area (Å²) in [6.07, 6.45) is 6.17. The molecule has 6 nitrogen and oxygen atoms in total. The zero-order valence-corrected chi connectivity index (χ0v) is 15.2. The molecule has 2 fully saturated rings. The van der Waals surface area contributed by atoms with E-state index >= 15 is 0 Å². The molecule has 0 unspecified atom stereocenters. The number of piperazine rings is 1. The molecule has 1 heterocycles. The molecule has 1 N–H and O–H groups in total. The fourth-order valence-electron chi connectivity index (χ4n) is 3.80. The van der Waals surface area contributed by atoms with Crippen LogP contribution in [-0.2, 0) is 20.8 Å². The number of nitrogens with zero attached hydrogens (tertiary/aromatic N) is 2. The van der Waals surface area contributed by atoms with Crippen molar-refractivity contribution in [2.75, 3.05) is 26.2 Å². The van der Waals surface area contributed by atoms with E-state index in [2.05, 4.69) is 5.32 Å². The molecule has 1 saturated heterocycles. The molecule has 0 bridgehead atoms. The van der Waals surface area contributed by atoms with Gasteiger partial charge >= 0.3 is 11.8 Å². The molecule has 0 radical (unpaired) electrons. The van der Waals surface area contributed by atoms with Gasteiger partial charge in [-0.3, -0.25) is 14.4 Å². The number of amides is 3.